The van der Waals surface area contributed by atoms with E-state index in [1.165, 1.54) is 13.3 Å². The number of ether oxygens (including phenoxy) is 2. The Morgan fingerprint density at radius 1 is 1.55 bits per heavy atom. The van der Waals surface area contributed by atoms with E-state index in [1.54, 1.807) is 0 Å². The van der Waals surface area contributed by atoms with Crippen molar-refractivity contribution in [3.63, 3.8) is 0 Å². The summed E-state index contributed by atoms with van der Waals surface area (Å²) in [4.78, 5) is 20.7. The summed E-state index contributed by atoms with van der Waals surface area (Å²) in [5.74, 6) is -0.314. The molecule has 1 saturated heterocycles. The molecule has 1 fully saturated rings. The Bertz CT molecular complexity index is 478. The van der Waals surface area contributed by atoms with Crippen LogP contribution in [0.5, 0.6) is 6.01 Å². The second kappa shape index (κ2) is 6.71. The Balaban J connectivity index is 1.95. The topological polar surface area (TPSA) is 84.8 Å². The van der Waals surface area contributed by atoms with Crippen molar-refractivity contribution >= 4 is 23.4 Å². The summed E-state index contributed by atoms with van der Waals surface area (Å²) in [6.07, 6.45) is 2.94. The summed E-state index contributed by atoms with van der Waals surface area (Å²) in [6.45, 7) is 1.14. The lowest BCUT2D eigenvalue weighted by molar-refractivity contribution is -0.144. The van der Waals surface area contributed by atoms with Gasteiger partial charge in [0.15, 0.2) is 5.82 Å². The zero-order valence-corrected chi connectivity index (χ0v) is 11.8. The minimum absolute atomic E-state index is 0.0372. The van der Waals surface area contributed by atoms with Gasteiger partial charge in [-0.05, 0) is 12.8 Å². The first kappa shape index (κ1) is 14.8. The van der Waals surface area contributed by atoms with E-state index in [0.717, 1.165) is 12.8 Å². The molecule has 0 aliphatic carbocycles. The minimum Gasteiger partial charge on any atom is -0.480 e. The molecule has 7 nitrogen and oxygen atoms in total. The molecule has 0 spiro atoms. The van der Waals surface area contributed by atoms with Crippen molar-refractivity contribution < 1.29 is 19.4 Å². The number of hydrogen-bond acceptors (Lipinski definition) is 6. The summed E-state index contributed by atoms with van der Waals surface area (Å²) in [5.41, 5.74) is 0. The number of rotatable bonds is 5. The van der Waals surface area contributed by atoms with Crippen LogP contribution in [0.3, 0.4) is 0 Å². The fraction of sp³-hybridized carbons (Fsp3) is 0.583. The number of aromatic nitrogens is 2. The van der Waals surface area contributed by atoms with E-state index in [9.17, 15) is 4.79 Å². The van der Waals surface area contributed by atoms with E-state index < -0.39 is 5.97 Å². The van der Waals surface area contributed by atoms with Gasteiger partial charge < -0.3 is 19.5 Å². The highest BCUT2D eigenvalue weighted by molar-refractivity contribution is 6.32. The van der Waals surface area contributed by atoms with Gasteiger partial charge in [-0.15, -0.1) is 0 Å². The first-order valence-electron chi connectivity index (χ1n) is 6.25. The van der Waals surface area contributed by atoms with Crippen LogP contribution in [0.15, 0.2) is 6.20 Å². The molecule has 110 valence electrons. The van der Waals surface area contributed by atoms with Crippen LogP contribution in [0.4, 0.5) is 5.82 Å². The van der Waals surface area contributed by atoms with Crippen LogP contribution in [0.1, 0.15) is 12.8 Å². The number of piperidine rings is 1. The van der Waals surface area contributed by atoms with Crippen LogP contribution in [0, 0.1) is 0 Å². The predicted octanol–water partition coefficient (Wildman–Crippen LogP) is 1.21. The van der Waals surface area contributed by atoms with Gasteiger partial charge in [0, 0.05) is 13.1 Å². The Kier molecular flexibility index (Phi) is 4.97. The average Bonchev–Trinajstić information content (AvgIpc) is 2.46. The van der Waals surface area contributed by atoms with Gasteiger partial charge in [-0.25, -0.2) is 9.78 Å². The zero-order valence-electron chi connectivity index (χ0n) is 11.1. The lowest BCUT2D eigenvalue weighted by Gasteiger charge is -2.32. The maximum atomic E-state index is 10.5. The van der Waals surface area contributed by atoms with Crippen LogP contribution in [0.2, 0.25) is 5.02 Å². The molecule has 20 heavy (non-hydrogen) atoms. The maximum Gasteiger partial charge on any atom is 0.329 e. The normalized spacial score (nSPS) is 16.2. The number of anilines is 1. The van der Waals surface area contributed by atoms with Crippen LogP contribution < -0.4 is 9.64 Å². The van der Waals surface area contributed by atoms with Crippen molar-refractivity contribution in [3.05, 3.63) is 11.2 Å². The molecular weight excluding hydrogens is 286 g/mol. The van der Waals surface area contributed by atoms with Gasteiger partial charge in [0.25, 0.3) is 0 Å². The van der Waals surface area contributed by atoms with Gasteiger partial charge in [-0.2, -0.15) is 4.98 Å². The van der Waals surface area contributed by atoms with E-state index >= 15 is 0 Å². The second-order valence-electron chi connectivity index (χ2n) is 4.42. The molecule has 1 aromatic heterocycles. The van der Waals surface area contributed by atoms with Crippen molar-refractivity contribution in [2.75, 3.05) is 31.7 Å². The third-order valence-electron chi connectivity index (χ3n) is 3.07. The highest BCUT2D eigenvalue weighted by atomic mass is 35.5. The molecule has 0 saturated carbocycles. The molecule has 2 rings (SSSR count). The van der Waals surface area contributed by atoms with Gasteiger partial charge in [0.1, 0.15) is 11.6 Å². The highest BCUT2D eigenvalue weighted by Crippen LogP contribution is 2.27. The van der Waals surface area contributed by atoms with Gasteiger partial charge in [-0.3, -0.25) is 0 Å². The number of carboxylic acid groups (broad SMARTS) is 1. The number of halogens is 1. The summed E-state index contributed by atoms with van der Waals surface area (Å²) in [5, 5.41) is 9.05. The lowest BCUT2D eigenvalue weighted by Crippen LogP contribution is -2.38. The van der Waals surface area contributed by atoms with Crippen molar-refractivity contribution in [2.45, 2.75) is 18.9 Å². The monoisotopic (exact) mass is 301 g/mol. The molecule has 0 amide bonds. The Labute approximate surface area is 121 Å². The number of hydrogen-bond donors (Lipinski definition) is 1. The highest BCUT2D eigenvalue weighted by Gasteiger charge is 2.23. The summed E-state index contributed by atoms with van der Waals surface area (Å²) >= 11 is 6.09. The van der Waals surface area contributed by atoms with Gasteiger partial charge >= 0.3 is 12.0 Å². The molecule has 1 N–H and O–H groups in total. The zero-order chi connectivity index (χ0) is 14.5. The number of nitrogens with zero attached hydrogens (tertiary/aromatic N) is 3. The summed E-state index contributed by atoms with van der Waals surface area (Å²) in [7, 11) is 1.50. The van der Waals surface area contributed by atoms with Crippen molar-refractivity contribution in [2.24, 2.45) is 0 Å². The average molecular weight is 302 g/mol. The quantitative estimate of drug-likeness (QED) is 0.875. The molecule has 0 atom stereocenters. The largest absolute Gasteiger partial charge is 0.480 e. The van der Waals surface area contributed by atoms with Crippen molar-refractivity contribution in [3.8, 4) is 6.01 Å². The van der Waals surface area contributed by atoms with Crippen LogP contribution in [-0.2, 0) is 9.53 Å². The van der Waals surface area contributed by atoms with Crippen LogP contribution >= 0.6 is 11.6 Å². The third kappa shape index (κ3) is 3.71. The van der Waals surface area contributed by atoms with E-state index in [1.807, 2.05) is 4.90 Å². The first-order chi connectivity index (χ1) is 9.60. The van der Waals surface area contributed by atoms with E-state index in [4.69, 9.17) is 26.2 Å². The molecule has 0 unspecified atom stereocenters. The SMILES string of the molecule is COc1ncc(Cl)c(N2CCC(OCC(=O)O)CC2)n1. The molecule has 1 aromatic rings. The molecule has 0 bridgehead atoms. The fourth-order valence-electron chi connectivity index (χ4n) is 2.09. The predicted molar refractivity (Wildman–Crippen MR) is 72.4 cm³/mol. The van der Waals surface area contributed by atoms with E-state index in [0.29, 0.717) is 23.9 Å². The number of carbonyl (C=O) groups is 1. The summed E-state index contributed by atoms with van der Waals surface area (Å²) < 4.78 is 10.3. The fourth-order valence-corrected chi connectivity index (χ4v) is 2.30. The molecule has 0 radical (unpaired) electrons. The smallest absolute Gasteiger partial charge is 0.329 e. The maximum absolute atomic E-state index is 10.5. The minimum atomic E-state index is -0.948. The van der Waals surface area contributed by atoms with Crippen LogP contribution in [0.25, 0.3) is 0 Å². The molecule has 2 heterocycles. The Morgan fingerprint density at radius 3 is 2.85 bits per heavy atom. The number of methoxy groups -OCH3 is 1. The van der Waals surface area contributed by atoms with Gasteiger partial charge in [0.2, 0.25) is 0 Å². The van der Waals surface area contributed by atoms with E-state index in [2.05, 4.69) is 9.97 Å². The number of aliphatic carboxylic acids is 1. The van der Waals surface area contributed by atoms with Crippen LogP contribution in [-0.4, -0.2) is 54.0 Å². The standard InChI is InChI=1S/C12H16ClN3O4/c1-19-12-14-6-9(13)11(15-12)16-4-2-8(3-5-16)20-7-10(17)18/h6,8H,2-5,7H2,1H3,(H,17,18). The molecule has 8 heteroatoms. The Morgan fingerprint density at radius 2 is 2.25 bits per heavy atom. The number of carboxylic acids is 1. The van der Waals surface area contributed by atoms with Gasteiger partial charge in [-0.1, -0.05) is 11.6 Å². The molecule has 0 aromatic carbocycles. The van der Waals surface area contributed by atoms with Gasteiger partial charge in [0.05, 0.1) is 19.4 Å². The third-order valence-corrected chi connectivity index (χ3v) is 3.34. The Hall–Kier alpha value is -1.60. The van der Waals surface area contributed by atoms with Crippen molar-refractivity contribution in [1.82, 2.24) is 9.97 Å². The van der Waals surface area contributed by atoms with E-state index in [-0.39, 0.29) is 18.7 Å². The summed E-state index contributed by atoms with van der Waals surface area (Å²) in [6, 6.07) is 0.272. The van der Waals surface area contributed by atoms with Crippen molar-refractivity contribution in [1.29, 1.82) is 0 Å². The molecule has 1 aliphatic heterocycles. The molecular formula is C12H16ClN3O4. The first-order valence-corrected chi connectivity index (χ1v) is 6.63. The second-order valence-corrected chi connectivity index (χ2v) is 4.83. The lowest BCUT2D eigenvalue weighted by atomic mass is 10.1. The molecule has 1 aliphatic rings.